The van der Waals surface area contributed by atoms with Crippen molar-refractivity contribution in [3.05, 3.63) is 66.5 Å². The molecule has 3 aromatic rings. The Bertz CT molecular complexity index is 910. The third kappa shape index (κ3) is 7.70. The van der Waals surface area contributed by atoms with Crippen molar-refractivity contribution < 1.29 is 13.5 Å². The second-order valence-electron chi connectivity index (χ2n) is 8.12. The molecule has 0 atom stereocenters. The average molecular weight is 439 g/mol. The van der Waals surface area contributed by atoms with E-state index in [-0.39, 0.29) is 5.75 Å². The molecule has 2 aromatic carbocycles. The minimum atomic E-state index is -2.81. The molecule has 0 amide bonds. The quantitative estimate of drug-likeness (QED) is 0.253. The number of aryl methyl sites for hydroxylation is 1. The van der Waals surface area contributed by atoms with Crippen molar-refractivity contribution in [2.75, 3.05) is 0 Å². The highest BCUT2D eigenvalue weighted by atomic mass is 19.3. The third-order valence-electron chi connectivity index (χ3n) is 5.58. The minimum absolute atomic E-state index is 0.154. The summed E-state index contributed by atoms with van der Waals surface area (Å²) in [5, 5.41) is 0. The molecule has 0 aliphatic rings. The van der Waals surface area contributed by atoms with Crippen LogP contribution >= 0.6 is 0 Å². The number of alkyl halides is 2. The maximum Gasteiger partial charge on any atom is 0.387 e. The molecule has 0 aliphatic heterocycles. The van der Waals surface area contributed by atoms with Crippen LogP contribution < -0.4 is 4.74 Å². The summed E-state index contributed by atoms with van der Waals surface area (Å²) in [7, 11) is 0. The van der Waals surface area contributed by atoms with Crippen LogP contribution in [0.2, 0.25) is 0 Å². The molecule has 0 N–H and O–H groups in total. The largest absolute Gasteiger partial charge is 0.435 e. The highest BCUT2D eigenvalue weighted by Crippen LogP contribution is 2.25. The number of unbranched alkanes of at least 4 members (excludes halogenated alkanes) is 7. The minimum Gasteiger partial charge on any atom is -0.435 e. The van der Waals surface area contributed by atoms with Crippen LogP contribution in [0.1, 0.15) is 63.9 Å². The summed E-state index contributed by atoms with van der Waals surface area (Å²) in [5.74, 6) is 0.859. The van der Waals surface area contributed by atoms with Gasteiger partial charge in [-0.25, -0.2) is 9.97 Å². The van der Waals surface area contributed by atoms with Crippen LogP contribution in [-0.4, -0.2) is 16.6 Å². The summed E-state index contributed by atoms with van der Waals surface area (Å²) in [5.41, 5.74) is 4.05. The molecule has 3 rings (SSSR count). The molecule has 0 radical (unpaired) electrons. The van der Waals surface area contributed by atoms with Crippen molar-refractivity contribution in [1.82, 2.24) is 9.97 Å². The van der Waals surface area contributed by atoms with Crippen molar-refractivity contribution in [2.24, 2.45) is 0 Å². The van der Waals surface area contributed by atoms with Gasteiger partial charge in [0.05, 0.1) is 0 Å². The fraction of sp³-hybridized carbons (Fsp3) is 0.407. The van der Waals surface area contributed by atoms with Gasteiger partial charge in [-0.15, -0.1) is 0 Å². The van der Waals surface area contributed by atoms with E-state index in [2.05, 4.69) is 21.6 Å². The Kier molecular flexibility index (Phi) is 9.60. The number of rotatable bonds is 13. The Morgan fingerprint density at radius 2 is 1.19 bits per heavy atom. The predicted octanol–water partition coefficient (Wildman–Crippen LogP) is 8.10. The molecular formula is C27H32F2N2O. The van der Waals surface area contributed by atoms with E-state index in [9.17, 15) is 8.78 Å². The van der Waals surface area contributed by atoms with Crippen LogP contribution in [0.4, 0.5) is 8.78 Å². The zero-order chi connectivity index (χ0) is 22.6. The molecule has 170 valence electrons. The first-order chi connectivity index (χ1) is 15.7. The zero-order valence-corrected chi connectivity index (χ0v) is 18.8. The number of ether oxygens (including phenoxy) is 1. The monoisotopic (exact) mass is 438 g/mol. The van der Waals surface area contributed by atoms with Crippen LogP contribution in [0, 0.1) is 0 Å². The van der Waals surface area contributed by atoms with Gasteiger partial charge in [0, 0.05) is 18.0 Å². The van der Waals surface area contributed by atoms with E-state index in [1.807, 2.05) is 36.7 Å². The van der Waals surface area contributed by atoms with Gasteiger partial charge in [-0.1, -0.05) is 88.3 Å². The molecule has 32 heavy (non-hydrogen) atoms. The predicted molar refractivity (Wildman–Crippen MR) is 126 cm³/mol. The highest BCUT2D eigenvalue weighted by Gasteiger charge is 2.06. The van der Waals surface area contributed by atoms with Crippen molar-refractivity contribution in [3.63, 3.8) is 0 Å². The van der Waals surface area contributed by atoms with Gasteiger partial charge in [-0.05, 0) is 41.7 Å². The molecule has 3 nitrogen and oxygen atoms in total. The molecular weight excluding hydrogens is 406 g/mol. The van der Waals surface area contributed by atoms with E-state index >= 15 is 0 Å². The maximum absolute atomic E-state index is 12.3. The van der Waals surface area contributed by atoms with Gasteiger partial charge < -0.3 is 4.74 Å². The number of nitrogens with zero attached hydrogens (tertiary/aromatic N) is 2. The molecule has 0 fully saturated rings. The van der Waals surface area contributed by atoms with E-state index in [1.165, 1.54) is 56.9 Å². The van der Waals surface area contributed by atoms with E-state index in [0.29, 0.717) is 5.82 Å². The van der Waals surface area contributed by atoms with Gasteiger partial charge in [0.1, 0.15) is 5.75 Å². The molecule has 1 heterocycles. The Morgan fingerprint density at radius 3 is 1.75 bits per heavy atom. The van der Waals surface area contributed by atoms with Gasteiger partial charge >= 0.3 is 6.61 Å². The Hall–Kier alpha value is -2.82. The van der Waals surface area contributed by atoms with Crippen molar-refractivity contribution in [3.8, 4) is 28.3 Å². The van der Waals surface area contributed by atoms with Crippen LogP contribution in [0.25, 0.3) is 22.5 Å². The molecule has 0 unspecified atom stereocenters. The Morgan fingerprint density at radius 1 is 0.688 bits per heavy atom. The van der Waals surface area contributed by atoms with Crippen LogP contribution in [0.3, 0.4) is 0 Å². The van der Waals surface area contributed by atoms with Crippen molar-refractivity contribution in [1.29, 1.82) is 0 Å². The first-order valence-corrected chi connectivity index (χ1v) is 11.6. The molecule has 0 bridgehead atoms. The number of hydrogen-bond acceptors (Lipinski definition) is 3. The summed E-state index contributed by atoms with van der Waals surface area (Å²) in [4.78, 5) is 9.08. The summed E-state index contributed by atoms with van der Waals surface area (Å²) < 4.78 is 29.0. The van der Waals surface area contributed by atoms with Crippen LogP contribution in [0.15, 0.2) is 60.9 Å². The first-order valence-electron chi connectivity index (χ1n) is 11.6. The molecule has 0 spiro atoms. The lowest BCUT2D eigenvalue weighted by atomic mass is 10.0. The number of benzene rings is 2. The molecule has 0 saturated heterocycles. The summed E-state index contributed by atoms with van der Waals surface area (Å²) in [6.07, 6.45) is 15.4. The number of hydrogen-bond donors (Lipinski definition) is 0. The lowest BCUT2D eigenvalue weighted by molar-refractivity contribution is -0.0498. The third-order valence-corrected chi connectivity index (χ3v) is 5.58. The van der Waals surface area contributed by atoms with E-state index in [4.69, 9.17) is 0 Å². The van der Waals surface area contributed by atoms with Gasteiger partial charge in [0.25, 0.3) is 0 Å². The van der Waals surface area contributed by atoms with Crippen molar-refractivity contribution in [2.45, 2.75) is 71.3 Å². The fourth-order valence-electron chi connectivity index (χ4n) is 3.74. The molecule has 1 aromatic heterocycles. The lowest BCUT2D eigenvalue weighted by Crippen LogP contribution is -2.01. The van der Waals surface area contributed by atoms with Gasteiger partial charge in [0.15, 0.2) is 5.82 Å². The second-order valence-corrected chi connectivity index (χ2v) is 8.12. The molecule has 0 aliphatic carbocycles. The highest BCUT2D eigenvalue weighted by molar-refractivity contribution is 5.68. The SMILES string of the molecule is CCCCCCCCCCc1cnc(-c2ccc(-c3ccc(OC(F)F)cc3)cc2)nc1. The molecule has 5 heteroatoms. The molecule has 0 saturated carbocycles. The smallest absolute Gasteiger partial charge is 0.387 e. The van der Waals surface area contributed by atoms with E-state index < -0.39 is 6.61 Å². The van der Waals surface area contributed by atoms with E-state index in [1.54, 1.807) is 24.3 Å². The van der Waals surface area contributed by atoms with Gasteiger partial charge in [-0.2, -0.15) is 8.78 Å². The maximum atomic E-state index is 12.3. The lowest BCUT2D eigenvalue weighted by Gasteiger charge is -2.07. The fourth-order valence-corrected chi connectivity index (χ4v) is 3.74. The normalized spacial score (nSPS) is 11.1. The van der Waals surface area contributed by atoms with Gasteiger partial charge in [0.2, 0.25) is 0 Å². The zero-order valence-electron chi connectivity index (χ0n) is 18.8. The van der Waals surface area contributed by atoms with Crippen LogP contribution in [0.5, 0.6) is 5.75 Å². The number of aromatic nitrogens is 2. The summed E-state index contributed by atoms with van der Waals surface area (Å²) in [6, 6.07) is 14.5. The summed E-state index contributed by atoms with van der Waals surface area (Å²) >= 11 is 0. The second kappa shape index (κ2) is 12.9. The Labute approximate surface area is 189 Å². The number of halogens is 2. The van der Waals surface area contributed by atoms with E-state index in [0.717, 1.165) is 23.1 Å². The average Bonchev–Trinajstić information content (AvgIpc) is 2.81. The first kappa shape index (κ1) is 23.8. The summed E-state index contributed by atoms with van der Waals surface area (Å²) in [6.45, 7) is -0.562. The van der Waals surface area contributed by atoms with Crippen molar-refractivity contribution >= 4 is 0 Å². The standard InChI is InChI=1S/C27H32F2N2O/c1-2-3-4-5-6-7-8-9-10-21-19-30-26(31-20-21)24-13-11-22(12-14-24)23-15-17-25(18-16-23)32-27(28)29/h11-20,27H,2-10H2,1H3. The topological polar surface area (TPSA) is 35.0 Å². The van der Waals surface area contributed by atoms with Crippen LogP contribution in [-0.2, 0) is 6.42 Å². The van der Waals surface area contributed by atoms with Gasteiger partial charge in [-0.3, -0.25) is 0 Å². The Balaban J connectivity index is 1.47.